The Labute approximate surface area is 125 Å². The van der Waals surface area contributed by atoms with Gasteiger partial charge >= 0.3 is 0 Å². The maximum Gasteiger partial charge on any atom is 0.0708 e. The molecule has 0 N–H and O–H groups in total. The molecule has 0 amide bonds. The zero-order valence-corrected chi connectivity index (χ0v) is 11.4. The van der Waals surface area contributed by atoms with Crippen molar-refractivity contribution < 1.29 is 4.11 Å². The summed E-state index contributed by atoms with van der Waals surface area (Å²) in [5, 5.41) is 2.40. The number of aromatic nitrogens is 1. The molecule has 0 radical (unpaired) electrons. The van der Waals surface area contributed by atoms with Crippen LogP contribution in [-0.4, -0.2) is 4.98 Å². The van der Waals surface area contributed by atoms with E-state index in [1.54, 1.807) is 23.5 Å². The van der Waals surface area contributed by atoms with Crippen LogP contribution in [0.25, 0.3) is 31.4 Å². The highest BCUT2D eigenvalue weighted by Crippen LogP contribution is 2.39. The SMILES string of the molecule is [2H]C([2H])([2H])c1ccc(-c2cccc3sc4ccccc4c23)nc1. The molecule has 2 heteroatoms. The van der Waals surface area contributed by atoms with Gasteiger partial charge in [0.25, 0.3) is 0 Å². The van der Waals surface area contributed by atoms with Gasteiger partial charge in [-0.15, -0.1) is 11.3 Å². The van der Waals surface area contributed by atoms with Crippen LogP contribution in [0.2, 0.25) is 0 Å². The van der Waals surface area contributed by atoms with Crippen molar-refractivity contribution in [2.24, 2.45) is 0 Å². The van der Waals surface area contributed by atoms with Gasteiger partial charge in [0, 0.05) is 36.0 Å². The van der Waals surface area contributed by atoms with Gasteiger partial charge in [-0.1, -0.05) is 36.4 Å². The van der Waals surface area contributed by atoms with E-state index in [1.165, 1.54) is 26.4 Å². The number of nitrogens with zero attached hydrogens (tertiary/aromatic N) is 1. The van der Waals surface area contributed by atoms with E-state index in [0.29, 0.717) is 0 Å². The van der Waals surface area contributed by atoms with Crippen LogP contribution in [0.5, 0.6) is 0 Å². The van der Waals surface area contributed by atoms with Crippen LogP contribution in [-0.2, 0) is 0 Å². The Bertz CT molecular complexity index is 1000. The van der Waals surface area contributed by atoms with Crippen molar-refractivity contribution in [1.82, 2.24) is 4.98 Å². The second kappa shape index (κ2) is 4.43. The molecule has 2 heterocycles. The standard InChI is InChI=1S/C18H13NS/c1-12-9-10-15(19-11-12)13-6-4-8-17-18(13)14-5-2-3-7-16(14)20-17/h2-11H,1H3/i1D3. The summed E-state index contributed by atoms with van der Waals surface area (Å²) in [5.41, 5.74) is 2.10. The first-order valence-corrected chi connectivity index (χ1v) is 7.23. The maximum atomic E-state index is 7.46. The molecule has 0 saturated carbocycles. The first kappa shape index (κ1) is 8.88. The van der Waals surface area contributed by atoms with Gasteiger partial charge in [-0.2, -0.15) is 0 Å². The lowest BCUT2D eigenvalue weighted by Gasteiger charge is -2.04. The van der Waals surface area contributed by atoms with Crippen LogP contribution in [0.3, 0.4) is 0 Å². The van der Waals surface area contributed by atoms with Gasteiger partial charge in [-0.3, -0.25) is 4.98 Å². The number of pyridine rings is 1. The highest BCUT2D eigenvalue weighted by Gasteiger charge is 2.10. The van der Waals surface area contributed by atoms with Crippen LogP contribution in [0.15, 0.2) is 60.8 Å². The predicted octanol–water partition coefficient (Wildman–Crippen LogP) is 5.42. The lowest BCUT2D eigenvalue weighted by molar-refractivity contribution is 1.27. The average molecular weight is 278 g/mol. The monoisotopic (exact) mass is 278 g/mol. The summed E-state index contributed by atoms with van der Waals surface area (Å²) in [4.78, 5) is 4.40. The molecule has 0 unspecified atom stereocenters. The minimum Gasteiger partial charge on any atom is -0.256 e. The Balaban J connectivity index is 1.95. The van der Waals surface area contributed by atoms with E-state index in [-0.39, 0.29) is 5.56 Å². The number of hydrogen-bond donors (Lipinski definition) is 0. The van der Waals surface area contributed by atoms with Gasteiger partial charge in [0.15, 0.2) is 0 Å². The normalized spacial score (nSPS) is 14.1. The Hall–Kier alpha value is -2.19. The summed E-state index contributed by atoms with van der Waals surface area (Å²) in [6, 6.07) is 17.9. The van der Waals surface area contributed by atoms with Crippen molar-refractivity contribution in [3.63, 3.8) is 0 Å². The quantitative estimate of drug-likeness (QED) is 0.452. The Morgan fingerprint density at radius 2 is 1.85 bits per heavy atom. The van der Waals surface area contributed by atoms with E-state index in [1.807, 2.05) is 24.3 Å². The van der Waals surface area contributed by atoms with Crippen molar-refractivity contribution >= 4 is 31.5 Å². The third kappa shape index (κ3) is 1.73. The Morgan fingerprint density at radius 1 is 0.950 bits per heavy atom. The maximum absolute atomic E-state index is 7.46. The number of fused-ring (bicyclic) bond motifs is 3. The Kier molecular flexibility index (Phi) is 1.96. The zero-order valence-electron chi connectivity index (χ0n) is 13.6. The van der Waals surface area contributed by atoms with Crippen LogP contribution >= 0.6 is 11.3 Å². The minimum absolute atomic E-state index is 0.267. The van der Waals surface area contributed by atoms with E-state index in [4.69, 9.17) is 4.11 Å². The van der Waals surface area contributed by atoms with Crippen molar-refractivity contribution in [1.29, 1.82) is 0 Å². The molecular weight excluding hydrogens is 262 g/mol. The molecule has 20 heavy (non-hydrogen) atoms. The number of hydrogen-bond acceptors (Lipinski definition) is 2. The van der Waals surface area contributed by atoms with Crippen molar-refractivity contribution in [2.75, 3.05) is 0 Å². The molecule has 0 aliphatic heterocycles. The number of thiophene rings is 1. The first-order valence-electron chi connectivity index (χ1n) is 7.91. The van der Waals surface area contributed by atoms with Crippen LogP contribution in [0.1, 0.15) is 9.68 Å². The Morgan fingerprint density at radius 3 is 2.70 bits per heavy atom. The molecule has 4 rings (SSSR count). The van der Waals surface area contributed by atoms with E-state index in [9.17, 15) is 0 Å². The van der Waals surface area contributed by atoms with Gasteiger partial charge < -0.3 is 0 Å². The second-order valence-electron chi connectivity index (χ2n) is 4.71. The molecule has 2 aromatic carbocycles. The molecular formula is C18H13NS. The highest BCUT2D eigenvalue weighted by molar-refractivity contribution is 7.25. The molecule has 0 atom stereocenters. The summed E-state index contributed by atoms with van der Waals surface area (Å²) >= 11 is 1.76. The van der Waals surface area contributed by atoms with E-state index in [0.717, 1.165) is 11.3 Å². The lowest BCUT2D eigenvalue weighted by atomic mass is 10.0. The molecule has 0 saturated heterocycles. The average Bonchev–Trinajstić information content (AvgIpc) is 2.93. The fourth-order valence-corrected chi connectivity index (χ4v) is 3.67. The second-order valence-corrected chi connectivity index (χ2v) is 5.79. The minimum atomic E-state index is -2.12. The summed E-state index contributed by atoms with van der Waals surface area (Å²) in [5.74, 6) is 0. The largest absolute Gasteiger partial charge is 0.256 e. The third-order valence-corrected chi connectivity index (χ3v) is 4.58. The summed E-state index contributed by atoms with van der Waals surface area (Å²) in [7, 11) is 0. The van der Waals surface area contributed by atoms with E-state index >= 15 is 0 Å². The topological polar surface area (TPSA) is 12.9 Å². The smallest absolute Gasteiger partial charge is 0.0708 e. The molecule has 0 aliphatic carbocycles. The zero-order chi connectivity index (χ0) is 16.0. The predicted molar refractivity (Wildman–Crippen MR) is 87.3 cm³/mol. The molecule has 0 spiro atoms. The van der Waals surface area contributed by atoms with Gasteiger partial charge in [-0.05, 0) is 30.6 Å². The van der Waals surface area contributed by atoms with Crippen LogP contribution in [0, 0.1) is 6.85 Å². The van der Waals surface area contributed by atoms with Crippen molar-refractivity contribution in [3.05, 3.63) is 66.4 Å². The number of benzene rings is 2. The number of aryl methyl sites for hydroxylation is 1. The molecule has 2 aromatic heterocycles. The molecule has 0 fully saturated rings. The fraction of sp³-hybridized carbons (Fsp3) is 0.0556. The number of rotatable bonds is 1. The van der Waals surface area contributed by atoms with Crippen molar-refractivity contribution in [3.8, 4) is 11.3 Å². The highest BCUT2D eigenvalue weighted by atomic mass is 32.1. The first-order chi connectivity index (χ1) is 11.0. The van der Waals surface area contributed by atoms with E-state index < -0.39 is 6.85 Å². The van der Waals surface area contributed by atoms with Gasteiger partial charge in [0.05, 0.1) is 5.69 Å². The fourth-order valence-electron chi connectivity index (χ4n) is 2.54. The van der Waals surface area contributed by atoms with Crippen LogP contribution in [0.4, 0.5) is 0 Å². The molecule has 1 nitrogen and oxygen atoms in total. The molecule has 4 aromatic rings. The molecule has 0 aliphatic rings. The van der Waals surface area contributed by atoms with E-state index in [2.05, 4.69) is 23.2 Å². The summed E-state index contributed by atoms with van der Waals surface area (Å²) in [6.45, 7) is -2.12. The van der Waals surface area contributed by atoms with Gasteiger partial charge in [0.1, 0.15) is 0 Å². The lowest BCUT2D eigenvalue weighted by Crippen LogP contribution is -1.84. The van der Waals surface area contributed by atoms with Gasteiger partial charge in [-0.25, -0.2) is 0 Å². The van der Waals surface area contributed by atoms with Crippen LogP contribution < -0.4 is 0 Å². The van der Waals surface area contributed by atoms with Gasteiger partial charge in [0.2, 0.25) is 0 Å². The summed E-state index contributed by atoms with van der Waals surface area (Å²) < 4.78 is 24.8. The molecule has 0 bridgehead atoms. The third-order valence-electron chi connectivity index (χ3n) is 3.44. The molecule has 96 valence electrons. The van der Waals surface area contributed by atoms with Crippen molar-refractivity contribution in [2.45, 2.75) is 6.85 Å². The summed E-state index contributed by atoms with van der Waals surface area (Å²) in [6.07, 6.45) is 1.45.